The SMILES string of the molecule is CCC1COCCN1CCc1ccccc1. The Hall–Kier alpha value is -0.860. The first-order valence-electron chi connectivity index (χ1n) is 6.26. The van der Waals surface area contributed by atoms with Crippen LogP contribution in [0.4, 0.5) is 0 Å². The van der Waals surface area contributed by atoms with Crippen LogP contribution in [-0.4, -0.2) is 37.2 Å². The minimum atomic E-state index is 0.623. The van der Waals surface area contributed by atoms with Crippen molar-refractivity contribution in [1.29, 1.82) is 0 Å². The fraction of sp³-hybridized carbons (Fsp3) is 0.571. The van der Waals surface area contributed by atoms with Gasteiger partial charge in [-0.3, -0.25) is 4.90 Å². The van der Waals surface area contributed by atoms with Crippen molar-refractivity contribution in [3.63, 3.8) is 0 Å². The van der Waals surface area contributed by atoms with E-state index in [1.807, 2.05) is 0 Å². The molecule has 1 aromatic rings. The third-order valence-corrected chi connectivity index (χ3v) is 3.35. The van der Waals surface area contributed by atoms with E-state index in [0.29, 0.717) is 6.04 Å². The number of ether oxygens (including phenoxy) is 1. The van der Waals surface area contributed by atoms with Crippen LogP contribution in [0, 0.1) is 0 Å². The van der Waals surface area contributed by atoms with Gasteiger partial charge in [0.1, 0.15) is 0 Å². The second kappa shape index (κ2) is 6.02. The van der Waals surface area contributed by atoms with Crippen LogP contribution in [0.3, 0.4) is 0 Å². The standard InChI is InChI=1S/C14H21NO/c1-2-14-12-16-11-10-15(14)9-8-13-6-4-3-5-7-13/h3-7,14H,2,8-12H2,1H3. The fourth-order valence-corrected chi connectivity index (χ4v) is 2.28. The minimum Gasteiger partial charge on any atom is -0.378 e. The molecule has 0 aromatic heterocycles. The monoisotopic (exact) mass is 219 g/mol. The highest BCUT2D eigenvalue weighted by Gasteiger charge is 2.20. The van der Waals surface area contributed by atoms with Gasteiger partial charge in [-0.1, -0.05) is 37.3 Å². The molecular weight excluding hydrogens is 198 g/mol. The summed E-state index contributed by atoms with van der Waals surface area (Å²) in [5.41, 5.74) is 1.43. The average molecular weight is 219 g/mol. The Kier molecular flexibility index (Phi) is 4.37. The summed E-state index contributed by atoms with van der Waals surface area (Å²) in [6.07, 6.45) is 2.34. The summed E-state index contributed by atoms with van der Waals surface area (Å²) in [6, 6.07) is 11.4. The van der Waals surface area contributed by atoms with E-state index in [-0.39, 0.29) is 0 Å². The van der Waals surface area contributed by atoms with Gasteiger partial charge in [-0.2, -0.15) is 0 Å². The van der Waals surface area contributed by atoms with Crippen LogP contribution in [0.1, 0.15) is 18.9 Å². The molecule has 0 bridgehead atoms. The zero-order chi connectivity index (χ0) is 11.2. The third kappa shape index (κ3) is 3.06. The predicted molar refractivity (Wildman–Crippen MR) is 66.6 cm³/mol. The summed E-state index contributed by atoms with van der Waals surface area (Å²) in [5, 5.41) is 0. The van der Waals surface area contributed by atoms with Gasteiger partial charge in [0.05, 0.1) is 13.2 Å². The van der Waals surface area contributed by atoms with Crippen molar-refractivity contribution in [3.8, 4) is 0 Å². The molecule has 2 nitrogen and oxygen atoms in total. The maximum Gasteiger partial charge on any atom is 0.0622 e. The maximum absolute atomic E-state index is 5.51. The first kappa shape index (κ1) is 11.6. The van der Waals surface area contributed by atoms with Crippen LogP contribution < -0.4 is 0 Å². The molecule has 0 radical (unpaired) electrons. The lowest BCUT2D eigenvalue weighted by Crippen LogP contribution is -2.45. The number of morpholine rings is 1. The van der Waals surface area contributed by atoms with E-state index in [2.05, 4.69) is 42.2 Å². The molecule has 1 aromatic carbocycles. The molecule has 0 saturated carbocycles. The minimum absolute atomic E-state index is 0.623. The van der Waals surface area contributed by atoms with Gasteiger partial charge in [0.2, 0.25) is 0 Å². The van der Waals surface area contributed by atoms with Gasteiger partial charge in [-0.25, -0.2) is 0 Å². The van der Waals surface area contributed by atoms with E-state index >= 15 is 0 Å². The number of hydrogen-bond acceptors (Lipinski definition) is 2. The molecule has 2 rings (SSSR count). The van der Waals surface area contributed by atoms with Crippen molar-refractivity contribution < 1.29 is 4.74 Å². The van der Waals surface area contributed by atoms with Gasteiger partial charge in [-0.15, -0.1) is 0 Å². The van der Waals surface area contributed by atoms with Crippen LogP contribution in [0.25, 0.3) is 0 Å². The molecule has 1 aliphatic heterocycles. The summed E-state index contributed by atoms with van der Waals surface area (Å²) < 4.78 is 5.51. The van der Waals surface area contributed by atoms with Crippen molar-refractivity contribution in [3.05, 3.63) is 35.9 Å². The molecule has 1 atom stereocenters. The quantitative estimate of drug-likeness (QED) is 0.770. The average Bonchev–Trinajstić information content (AvgIpc) is 2.38. The van der Waals surface area contributed by atoms with Crippen molar-refractivity contribution >= 4 is 0 Å². The first-order valence-corrected chi connectivity index (χ1v) is 6.26. The summed E-state index contributed by atoms with van der Waals surface area (Å²) in [4.78, 5) is 2.57. The van der Waals surface area contributed by atoms with Gasteiger partial charge in [-0.05, 0) is 18.4 Å². The molecule has 0 N–H and O–H groups in total. The molecular formula is C14H21NO. The lowest BCUT2D eigenvalue weighted by atomic mass is 10.1. The highest BCUT2D eigenvalue weighted by Crippen LogP contribution is 2.11. The van der Waals surface area contributed by atoms with E-state index in [9.17, 15) is 0 Å². The van der Waals surface area contributed by atoms with Crippen molar-refractivity contribution in [1.82, 2.24) is 4.90 Å². The van der Waals surface area contributed by atoms with Crippen molar-refractivity contribution in [2.45, 2.75) is 25.8 Å². The molecule has 1 saturated heterocycles. The highest BCUT2D eigenvalue weighted by molar-refractivity contribution is 5.14. The number of nitrogens with zero attached hydrogens (tertiary/aromatic N) is 1. The van der Waals surface area contributed by atoms with E-state index in [0.717, 1.165) is 32.7 Å². The van der Waals surface area contributed by atoms with Crippen LogP contribution in [0.2, 0.25) is 0 Å². The second-order valence-corrected chi connectivity index (χ2v) is 4.41. The van der Waals surface area contributed by atoms with Crippen LogP contribution >= 0.6 is 0 Å². The first-order chi connectivity index (χ1) is 7.90. The molecule has 1 aliphatic rings. The summed E-state index contributed by atoms with van der Waals surface area (Å²) in [7, 11) is 0. The van der Waals surface area contributed by atoms with Gasteiger partial charge >= 0.3 is 0 Å². The van der Waals surface area contributed by atoms with Crippen LogP contribution in [0.5, 0.6) is 0 Å². The van der Waals surface area contributed by atoms with Crippen molar-refractivity contribution in [2.24, 2.45) is 0 Å². The second-order valence-electron chi connectivity index (χ2n) is 4.41. The number of rotatable bonds is 4. The molecule has 88 valence electrons. The van der Waals surface area contributed by atoms with Gasteiger partial charge in [0.25, 0.3) is 0 Å². The van der Waals surface area contributed by atoms with E-state index in [1.54, 1.807) is 0 Å². The van der Waals surface area contributed by atoms with E-state index < -0.39 is 0 Å². The Morgan fingerprint density at radius 3 is 2.88 bits per heavy atom. The van der Waals surface area contributed by atoms with Gasteiger partial charge < -0.3 is 4.74 Å². The van der Waals surface area contributed by atoms with Gasteiger partial charge in [0, 0.05) is 19.1 Å². The lowest BCUT2D eigenvalue weighted by molar-refractivity contribution is -0.00792. The topological polar surface area (TPSA) is 12.5 Å². The smallest absolute Gasteiger partial charge is 0.0622 e. The fourth-order valence-electron chi connectivity index (χ4n) is 2.28. The zero-order valence-corrected chi connectivity index (χ0v) is 10.1. The van der Waals surface area contributed by atoms with Crippen LogP contribution in [-0.2, 0) is 11.2 Å². The molecule has 16 heavy (non-hydrogen) atoms. The molecule has 0 spiro atoms. The Balaban J connectivity index is 1.84. The number of hydrogen-bond donors (Lipinski definition) is 0. The summed E-state index contributed by atoms with van der Waals surface area (Å²) in [5.74, 6) is 0. The molecule has 2 heteroatoms. The molecule has 1 fully saturated rings. The van der Waals surface area contributed by atoms with Crippen LogP contribution in [0.15, 0.2) is 30.3 Å². The van der Waals surface area contributed by atoms with Gasteiger partial charge in [0.15, 0.2) is 0 Å². The molecule has 0 aliphatic carbocycles. The normalized spacial score (nSPS) is 22.2. The Labute approximate surface area is 98.2 Å². The third-order valence-electron chi connectivity index (χ3n) is 3.35. The maximum atomic E-state index is 5.51. The summed E-state index contributed by atoms with van der Waals surface area (Å²) >= 11 is 0. The van der Waals surface area contributed by atoms with Crippen molar-refractivity contribution in [2.75, 3.05) is 26.3 Å². The predicted octanol–water partition coefficient (Wildman–Crippen LogP) is 2.34. The molecule has 0 amide bonds. The molecule has 1 unspecified atom stereocenters. The van der Waals surface area contributed by atoms with E-state index in [4.69, 9.17) is 4.74 Å². The Bertz CT molecular complexity index is 299. The lowest BCUT2D eigenvalue weighted by Gasteiger charge is -2.35. The Morgan fingerprint density at radius 2 is 2.12 bits per heavy atom. The zero-order valence-electron chi connectivity index (χ0n) is 10.1. The van der Waals surface area contributed by atoms with E-state index in [1.165, 1.54) is 12.0 Å². The molecule has 1 heterocycles. The number of benzene rings is 1. The Morgan fingerprint density at radius 1 is 1.31 bits per heavy atom. The largest absolute Gasteiger partial charge is 0.378 e. The highest BCUT2D eigenvalue weighted by atomic mass is 16.5. The summed E-state index contributed by atoms with van der Waals surface area (Å²) in [6.45, 7) is 6.29.